The quantitative estimate of drug-likeness (QED) is 0.0189. The lowest BCUT2D eigenvalue weighted by molar-refractivity contribution is -0.162. The van der Waals surface area contributed by atoms with Crippen molar-refractivity contribution in [1.82, 2.24) is 15.2 Å². The van der Waals surface area contributed by atoms with Crippen LogP contribution in [-0.4, -0.2) is 62.4 Å². The van der Waals surface area contributed by atoms with Gasteiger partial charge in [-0.05, 0) is 44.5 Å². The van der Waals surface area contributed by atoms with Gasteiger partial charge in [-0.15, -0.1) is 34.7 Å². The van der Waals surface area contributed by atoms with E-state index in [0.717, 1.165) is 38.9 Å². The second-order valence-electron chi connectivity index (χ2n) is 19.0. The molecule has 8 aromatic carbocycles. The van der Waals surface area contributed by atoms with Gasteiger partial charge in [-0.3, -0.25) is 14.5 Å². The number of ether oxygens (including phenoxy) is 2. The molecule has 1 aromatic heterocycles. The number of halogens is 1. The molecule has 3 heterocycles. The van der Waals surface area contributed by atoms with Crippen molar-refractivity contribution in [3.63, 3.8) is 0 Å². The highest BCUT2D eigenvalue weighted by molar-refractivity contribution is 8.00. The number of hydrogen-bond donors (Lipinski definition) is 2. The maximum Gasteiger partial charge on any atom is 0.356 e. The molecule has 2 amide bonds. The average molecular weight is 1130 g/mol. The molecule has 0 bridgehead atoms. The molecule has 1 saturated heterocycles. The van der Waals surface area contributed by atoms with Crippen LogP contribution in [0.3, 0.4) is 0 Å². The van der Waals surface area contributed by atoms with Gasteiger partial charge in [0.05, 0.1) is 0 Å². The number of anilines is 1. The number of alkyl halides is 1. The molecule has 0 spiro atoms. The highest BCUT2D eigenvalue weighted by atomic mass is 35.5. The van der Waals surface area contributed by atoms with E-state index in [2.05, 4.69) is 15.8 Å². The number of carbonyl (C=O) groups is 4. The number of β-lactam (4-membered cyclic amide) rings is 1. The highest BCUT2D eigenvalue weighted by Gasteiger charge is 2.55. The van der Waals surface area contributed by atoms with Crippen molar-refractivity contribution >= 4 is 69.3 Å². The molecule has 81 heavy (non-hydrogen) atoms. The van der Waals surface area contributed by atoms with Gasteiger partial charge in [0.25, 0.3) is 11.8 Å². The number of aromatic nitrogens is 1. The highest BCUT2D eigenvalue weighted by Crippen LogP contribution is 2.43. The second-order valence-corrected chi connectivity index (χ2v) is 21.3. The fraction of sp³-hybridized carbons (Fsp3) is 0.121. The van der Waals surface area contributed by atoms with Crippen LogP contribution in [0.4, 0.5) is 5.13 Å². The molecule has 0 saturated carbocycles. The Morgan fingerprint density at radius 1 is 0.605 bits per heavy atom. The molecule has 2 aliphatic heterocycles. The number of carbonyl (C=O) groups excluding carboxylic acids is 4. The number of thioether (sulfide) groups is 1. The summed E-state index contributed by atoms with van der Waals surface area (Å²) in [6, 6.07) is 75.0. The van der Waals surface area contributed by atoms with Crippen LogP contribution in [0.2, 0.25) is 0 Å². The zero-order valence-electron chi connectivity index (χ0n) is 43.4. The molecular weight excluding hydrogens is 1070 g/mol. The third-order valence-corrected chi connectivity index (χ3v) is 16.4. The smallest absolute Gasteiger partial charge is 0.356 e. The summed E-state index contributed by atoms with van der Waals surface area (Å²) in [6.45, 7) is 0. The van der Waals surface area contributed by atoms with E-state index in [1.165, 1.54) is 28.0 Å². The van der Waals surface area contributed by atoms with Crippen molar-refractivity contribution in [1.29, 1.82) is 0 Å². The zero-order chi connectivity index (χ0) is 55.5. The Kier molecular flexibility index (Phi) is 16.6. The minimum atomic E-state index is -1.49. The Morgan fingerprint density at radius 3 is 1.47 bits per heavy atom. The summed E-state index contributed by atoms with van der Waals surface area (Å²) in [6.07, 6.45) is -3.11. The molecule has 3 atom stereocenters. The molecule has 0 aliphatic carbocycles. The molecule has 2 aliphatic rings. The molecule has 1 fully saturated rings. The van der Waals surface area contributed by atoms with Crippen LogP contribution in [0.15, 0.2) is 264 Å². The predicted molar refractivity (Wildman–Crippen MR) is 316 cm³/mol. The van der Waals surface area contributed by atoms with E-state index in [9.17, 15) is 14.4 Å². The Balaban J connectivity index is 0.943. The molecule has 9 aromatic rings. The lowest BCUT2D eigenvalue weighted by Gasteiger charge is -2.49. The molecule has 2 unspecified atom stereocenters. The molecule has 0 radical (unpaired) electrons. The third kappa shape index (κ3) is 11.5. The number of hydrogen-bond acceptors (Lipinski definition) is 12. The number of fused-ring (bicyclic) bond motifs is 1. The topological polar surface area (TPSA) is 149 Å². The van der Waals surface area contributed by atoms with Gasteiger partial charge in [-0.1, -0.05) is 248 Å². The van der Waals surface area contributed by atoms with Crippen LogP contribution in [0.25, 0.3) is 0 Å². The molecule has 2 N–H and O–H groups in total. The van der Waals surface area contributed by atoms with Crippen molar-refractivity contribution < 1.29 is 33.5 Å². The van der Waals surface area contributed by atoms with Crippen LogP contribution in [0, 0.1) is 0 Å². The van der Waals surface area contributed by atoms with E-state index in [1.54, 1.807) is 35.7 Å². The van der Waals surface area contributed by atoms with E-state index in [0.29, 0.717) is 16.3 Å². The SMILES string of the molecule is O=C(NC1C(=O)N2C(C(=O)OC(c3ccccc3)c3ccccc3)=C(CCl)CS[C@H]12)C(=NOC(C(=O)OC(c1ccccc1)c1ccccc1)c1ccccc1)c1csc(NC(c2ccccc2)(c2ccccc2)c2ccccc2)n1. The average Bonchev–Trinajstić information content (AvgIpc) is 4.04. The number of esters is 2. The minimum absolute atomic E-state index is 0.0285. The zero-order valence-corrected chi connectivity index (χ0v) is 45.8. The summed E-state index contributed by atoms with van der Waals surface area (Å²) in [5.74, 6) is -2.67. The van der Waals surface area contributed by atoms with Crippen molar-refractivity contribution in [2.75, 3.05) is 16.9 Å². The Labute approximate surface area is 482 Å². The number of benzene rings is 8. The van der Waals surface area contributed by atoms with Crippen molar-refractivity contribution in [3.05, 3.63) is 310 Å². The van der Waals surface area contributed by atoms with Crippen LogP contribution in [-0.2, 0) is 39.0 Å². The van der Waals surface area contributed by atoms with E-state index < -0.39 is 59.0 Å². The van der Waals surface area contributed by atoms with Gasteiger partial charge in [0.1, 0.15) is 28.3 Å². The van der Waals surface area contributed by atoms with Gasteiger partial charge in [-0.25, -0.2) is 14.6 Å². The first kappa shape index (κ1) is 53.9. The first-order valence-corrected chi connectivity index (χ1v) is 28.6. The first-order valence-electron chi connectivity index (χ1n) is 26.1. The normalized spacial score (nSPS) is 15.5. The van der Waals surface area contributed by atoms with Crippen LogP contribution in [0.1, 0.15) is 68.5 Å². The Hall–Kier alpha value is -9.08. The number of nitrogens with zero attached hydrogens (tertiary/aromatic N) is 3. The van der Waals surface area contributed by atoms with Gasteiger partial charge < -0.3 is 24.9 Å². The van der Waals surface area contributed by atoms with E-state index >= 15 is 4.79 Å². The van der Waals surface area contributed by atoms with Crippen LogP contribution < -0.4 is 10.6 Å². The number of thiazole rings is 1. The second kappa shape index (κ2) is 24.9. The lowest BCUT2D eigenvalue weighted by Crippen LogP contribution is -2.71. The third-order valence-electron chi connectivity index (χ3n) is 14.0. The summed E-state index contributed by atoms with van der Waals surface area (Å²) in [4.78, 5) is 71.7. The summed E-state index contributed by atoms with van der Waals surface area (Å²) < 4.78 is 12.6. The van der Waals surface area contributed by atoms with E-state index in [4.69, 9.17) is 30.9 Å². The van der Waals surface area contributed by atoms with Gasteiger partial charge in [-0.2, -0.15) is 0 Å². The van der Waals surface area contributed by atoms with Crippen molar-refractivity contribution in [2.45, 2.75) is 35.3 Å². The maximum absolute atomic E-state index is 15.2. The number of amides is 2. The summed E-state index contributed by atoms with van der Waals surface area (Å²) in [5.41, 5.74) is 5.39. The predicted octanol–water partition coefficient (Wildman–Crippen LogP) is 12.6. The van der Waals surface area contributed by atoms with Gasteiger partial charge in [0.2, 0.25) is 6.10 Å². The Morgan fingerprint density at radius 2 is 1.02 bits per heavy atom. The van der Waals surface area contributed by atoms with Crippen molar-refractivity contribution in [2.24, 2.45) is 5.16 Å². The fourth-order valence-electron chi connectivity index (χ4n) is 10.1. The van der Waals surface area contributed by atoms with E-state index in [-0.39, 0.29) is 28.7 Å². The summed E-state index contributed by atoms with van der Waals surface area (Å²) in [7, 11) is 0. The molecule has 11 rings (SSSR count). The standard InChI is InChI=1S/C66H52ClN5O7S2/c67-41-49-42-80-62-55(61(74)72(62)56(49)63(75)77-57(44-25-9-1-10-26-44)45-27-11-2-12-28-45)69-60(73)54(71-79-59(48-33-17-5-18-34-48)64(76)78-58(46-29-13-3-14-30-46)47-31-15-4-16-32-47)53-43-81-65(68-53)70-66(50-35-19-6-20-36-50,51-37-21-7-22-38-51)52-39-23-8-24-40-52/h1-40,43,55,57-59,62H,41-42H2,(H,68,70)(H,69,73)/t55?,59?,62-/m1/s1. The number of rotatable bonds is 20. The fourth-order valence-corrected chi connectivity index (χ4v) is 12.5. The monoisotopic (exact) mass is 1130 g/mol. The maximum atomic E-state index is 15.2. The van der Waals surface area contributed by atoms with Crippen LogP contribution in [0.5, 0.6) is 0 Å². The van der Waals surface area contributed by atoms with E-state index in [1.807, 2.05) is 212 Å². The molecule has 402 valence electrons. The summed E-state index contributed by atoms with van der Waals surface area (Å²) >= 11 is 9.09. The van der Waals surface area contributed by atoms with Gasteiger partial charge in [0.15, 0.2) is 23.1 Å². The Bertz CT molecular complexity index is 3500. The van der Waals surface area contributed by atoms with Gasteiger partial charge >= 0.3 is 11.9 Å². The minimum Gasteiger partial charge on any atom is -0.449 e. The number of oxime groups is 1. The largest absolute Gasteiger partial charge is 0.449 e. The summed E-state index contributed by atoms with van der Waals surface area (Å²) in [5, 5.41) is 12.5. The molecule has 12 nitrogen and oxygen atoms in total. The van der Waals surface area contributed by atoms with Gasteiger partial charge in [0, 0.05) is 22.6 Å². The lowest BCUT2D eigenvalue weighted by atomic mass is 9.77. The molecular formula is C66H52ClN5O7S2. The van der Waals surface area contributed by atoms with Crippen LogP contribution >= 0.6 is 34.7 Å². The molecule has 15 heteroatoms. The van der Waals surface area contributed by atoms with Crippen molar-refractivity contribution in [3.8, 4) is 0 Å². The number of nitrogens with one attached hydrogen (secondary N) is 2. The first-order chi connectivity index (χ1) is 39.8.